The maximum Gasteiger partial charge on any atom is 0.132 e. The topological polar surface area (TPSA) is 24.9 Å². The monoisotopic (exact) mass is 394 g/mol. The van der Waals surface area contributed by atoms with E-state index in [1.165, 1.54) is 4.88 Å². The SMILES string of the molecule is Cc1cc(NCc2cc(Br)c(Br)s2)cnc1Cl. The summed E-state index contributed by atoms with van der Waals surface area (Å²) in [4.78, 5) is 5.35. The third-order valence-electron chi connectivity index (χ3n) is 2.18. The van der Waals surface area contributed by atoms with Crippen molar-refractivity contribution in [2.45, 2.75) is 13.5 Å². The van der Waals surface area contributed by atoms with E-state index in [0.29, 0.717) is 5.15 Å². The third kappa shape index (κ3) is 3.44. The predicted octanol–water partition coefficient (Wildman–Crippen LogP) is 5.24. The van der Waals surface area contributed by atoms with Gasteiger partial charge in [-0.1, -0.05) is 11.6 Å². The minimum atomic E-state index is 0.553. The molecule has 2 heterocycles. The number of anilines is 1. The first-order chi connectivity index (χ1) is 8.06. The number of rotatable bonds is 3. The summed E-state index contributed by atoms with van der Waals surface area (Å²) in [7, 11) is 0. The van der Waals surface area contributed by atoms with E-state index in [4.69, 9.17) is 11.6 Å². The van der Waals surface area contributed by atoms with Crippen molar-refractivity contribution in [2.75, 3.05) is 5.32 Å². The number of nitrogens with one attached hydrogen (secondary N) is 1. The zero-order chi connectivity index (χ0) is 12.4. The molecule has 2 aromatic heterocycles. The second-order valence-electron chi connectivity index (χ2n) is 3.52. The lowest BCUT2D eigenvalue weighted by Crippen LogP contribution is -1.98. The molecule has 1 N–H and O–H groups in total. The summed E-state index contributed by atoms with van der Waals surface area (Å²) in [6.45, 7) is 2.72. The van der Waals surface area contributed by atoms with Crippen molar-refractivity contribution >= 4 is 60.5 Å². The summed E-state index contributed by atoms with van der Waals surface area (Å²) in [5.41, 5.74) is 1.96. The van der Waals surface area contributed by atoms with Crippen LogP contribution in [0.2, 0.25) is 5.15 Å². The Balaban J connectivity index is 2.04. The van der Waals surface area contributed by atoms with Gasteiger partial charge in [0, 0.05) is 15.9 Å². The Morgan fingerprint density at radius 3 is 2.76 bits per heavy atom. The first-order valence-corrected chi connectivity index (χ1v) is 7.64. The minimum absolute atomic E-state index is 0.553. The van der Waals surface area contributed by atoms with Gasteiger partial charge in [0.05, 0.1) is 15.7 Å². The van der Waals surface area contributed by atoms with Crippen LogP contribution in [-0.4, -0.2) is 4.98 Å². The molecule has 0 amide bonds. The summed E-state index contributed by atoms with van der Waals surface area (Å²) in [5.74, 6) is 0. The summed E-state index contributed by atoms with van der Waals surface area (Å²) >= 11 is 14.5. The van der Waals surface area contributed by atoms with Crippen molar-refractivity contribution in [1.29, 1.82) is 0 Å². The molecule has 0 fully saturated rings. The molecule has 0 bridgehead atoms. The number of halogens is 3. The fraction of sp³-hybridized carbons (Fsp3) is 0.182. The van der Waals surface area contributed by atoms with E-state index in [1.54, 1.807) is 17.5 Å². The van der Waals surface area contributed by atoms with E-state index >= 15 is 0 Å². The molecule has 90 valence electrons. The average Bonchev–Trinajstić information content (AvgIpc) is 2.60. The largest absolute Gasteiger partial charge is 0.379 e. The van der Waals surface area contributed by atoms with Gasteiger partial charge in [-0.3, -0.25) is 0 Å². The zero-order valence-corrected chi connectivity index (χ0v) is 13.7. The molecule has 0 radical (unpaired) electrons. The van der Waals surface area contributed by atoms with Crippen LogP contribution < -0.4 is 5.32 Å². The number of aryl methyl sites for hydroxylation is 1. The van der Waals surface area contributed by atoms with Crippen LogP contribution in [0.1, 0.15) is 10.4 Å². The van der Waals surface area contributed by atoms with Gasteiger partial charge < -0.3 is 5.32 Å². The third-order valence-corrected chi connectivity index (χ3v) is 5.83. The second-order valence-corrected chi connectivity index (χ2v) is 7.19. The Morgan fingerprint density at radius 2 is 2.18 bits per heavy atom. The number of aromatic nitrogens is 1. The summed E-state index contributed by atoms with van der Waals surface area (Å²) in [6, 6.07) is 4.09. The maximum absolute atomic E-state index is 5.87. The lowest BCUT2D eigenvalue weighted by molar-refractivity contribution is 1.16. The molecule has 2 aromatic rings. The van der Waals surface area contributed by atoms with Gasteiger partial charge in [-0.25, -0.2) is 4.98 Å². The normalized spacial score (nSPS) is 10.6. The molecular weight excluding hydrogens is 387 g/mol. The predicted molar refractivity (Wildman–Crippen MR) is 81.0 cm³/mol. The molecule has 0 saturated heterocycles. The molecule has 6 heteroatoms. The fourth-order valence-corrected chi connectivity index (χ4v) is 3.54. The van der Waals surface area contributed by atoms with Crippen LogP contribution in [-0.2, 0) is 6.54 Å². The van der Waals surface area contributed by atoms with Crippen LogP contribution >= 0.6 is 54.8 Å². The summed E-state index contributed by atoms with van der Waals surface area (Å²) in [6.07, 6.45) is 1.74. The Hall–Kier alpha value is -0.100. The van der Waals surface area contributed by atoms with Gasteiger partial charge in [0.15, 0.2) is 0 Å². The molecule has 0 atom stereocenters. The first-order valence-electron chi connectivity index (χ1n) is 4.86. The fourth-order valence-electron chi connectivity index (χ4n) is 1.32. The van der Waals surface area contributed by atoms with Crippen molar-refractivity contribution < 1.29 is 0 Å². The highest BCUT2D eigenvalue weighted by molar-refractivity contribution is 9.13. The van der Waals surface area contributed by atoms with Gasteiger partial charge in [0.1, 0.15) is 5.15 Å². The number of hydrogen-bond donors (Lipinski definition) is 1. The van der Waals surface area contributed by atoms with E-state index in [9.17, 15) is 0 Å². The van der Waals surface area contributed by atoms with E-state index < -0.39 is 0 Å². The van der Waals surface area contributed by atoms with Gasteiger partial charge in [0.2, 0.25) is 0 Å². The highest BCUT2D eigenvalue weighted by Crippen LogP contribution is 2.32. The molecule has 0 aliphatic rings. The van der Waals surface area contributed by atoms with Gasteiger partial charge in [-0.2, -0.15) is 0 Å². The Kier molecular flexibility index (Phi) is 4.47. The quantitative estimate of drug-likeness (QED) is 0.718. The highest BCUT2D eigenvalue weighted by Gasteiger charge is 2.04. The van der Waals surface area contributed by atoms with E-state index in [0.717, 1.165) is 26.1 Å². The van der Waals surface area contributed by atoms with Crippen molar-refractivity contribution in [3.8, 4) is 0 Å². The molecule has 0 aliphatic heterocycles. The first kappa shape index (κ1) is 13.3. The second kappa shape index (κ2) is 5.69. The smallest absolute Gasteiger partial charge is 0.132 e. The van der Waals surface area contributed by atoms with Crippen molar-refractivity contribution in [3.63, 3.8) is 0 Å². The number of hydrogen-bond acceptors (Lipinski definition) is 3. The van der Waals surface area contributed by atoms with Crippen molar-refractivity contribution in [1.82, 2.24) is 4.98 Å². The van der Waals surface area contributed by atoms with Gasteiger partial charge in [-0.05, 0) is 56.5 Å². The highest BCUT2D eigenvalue weighted by atomic mass is 79.9. The summed E-state index contributed by atoms with van der Waals surface area (Å²) < 4.78 is 2.20. The van der Waals surface area contributed by atoms with E-state index in [-0.39, 0.29) is 0 Å². The van der Waals surface area contributed by atoms with Crippen LogP contribution in [0.25, 0.3) is 0 Å². The minimum Gasteiger partial charge on any atom is -0.379 e. The Bertz CT molecular complexity index is 523. The standard InChI is InChI=1S/C11H9Br2ClN2S/c1-6-2-7(4-16-11(6)14)15-5-8-3-9(12)10(13)17-8/h2-4,15H,5H2,1H3. The molecule has 0 aliphatic carbocycles. The molecule has 17 heavy (non-hydrogen) atoms. The number of thiophene rings is 1. The maximum atomic E-state index is 5.87. The lowest BCUT2D eigenvalue weighted by atomic mass is 10.3. The molecule has 0 unspecified atom stereocenters. The number of nitrogens with zero attached hydrogens (tertiary/aromatic N) is 1. The summed E-state index contributed by atoms with van der Waals surface area (Å²) in [5, 5.41) is 3.87. The Labute approximate surface area is 126 Å². The van der Waals surface area contributed by atoms with Gasteiger partial charge in [0.25, 0.3) is 0 Å². The lowest BCUT2D eigenvalue weighted by Gasteiger charge is -2.05. The van der Waals surface area contributed by atoms with Crippen molar-refractivity contribution in [2.24, 2.45) is 0 Å². The molecule has 0 aromatic carbocycles. The molecule has 2 rings (SSSR count). The van der Waals surface area contributed by atoms with Crippen LogP contribution in [0.4, 0.5) is 5.69 Å². The van der Waals surface area contributed by atoms with Crippen molar-refractivity contribution in [3.05, 3.63) is 42.2 Å². The molecule has 0 saturated carbocycles. The van der Waals surface area contributed by atoms with Crippen LogP contribution in [0, 0.1) is 6.92 Å². The average molecular weight is 397 g/mol. The number of pyridine rings is 1. The van der Waals surface area contributed by atoms with Crippen LogP contribution in [0.15, 0.2) is 26.6 Å². The van der Waals surface area contributed by atoms with Gasteiger partial charge in [-0.15, -0.1) is 11.3 Å². The van der Waals surface area contributed by atoms with Crippen LogP contribution in [0.3, 0.4) is 0 Å². The van der Waals surface area contributed by atoms with E-state index in [1.807, 2.05) is 13.0 Å². The van der Waals surface area contributed by atoms with E-state index in [2.05, 4.69) is 48.2 Å². The zero-order valence-electron chi connectivity index (χ0n) is 8.93. The van der Waals surface area contributed by atoms with Gasteiger partial charge >= 0.3 is 0 Å². The molecular formula is C11H9Br2ClN2S. The molecule has 2 nitrogen and oxygen atoms in total. The van der Waals surface area contributed by atoms with Crippen LogP contribution in [0.5, 0.6) is 0 Å². The molecule has 0 spiro atoms. The Morgan fingerprint density at radius 1 is 1.41 bits per heavy atom.